The summed E-state index contributed by atoms with van der Waals surface area (Å²) in [5.74, 6) is 0.621. The first-order chi connectivity index (χ1) is 11.2. The molecule has 5 heteroatoms. The smallest absolute Gasteiger partial charge is 0.262 e. The van der Waals surface area contributed by atoms with Crippen molar-refractivity contribution in [3.05, 3.63) is 54.3 Å². The van der Waals surface area contributed by atoms with Crippen molar-refractivity contribution in [3.8, 4) is 11.5 Å². The molecule has 0 atom stereocenters. The molecule has 4 nitrogen and oxygen atoms in total. The average molecular weight is 317 g/mol. The zero-order valence-corrected chi connectivity index (χ0v) is 13.0. The van der Waals surface area contributed by atoms with E-state index in [2.05, 4.69) is 12.2 Å². The lowest BCUT2D eigenvalue weighted by molar-refractivity contribution is -0.118. The standard InChI is InChI=1S/C18H20FNO3/c1-2-3-11-22-16-5-4-6-17(12-16)23-13-18(21)20-15-9-7-14(19)8-10-15/h4-10,12H,2-3,11,13H2,1H3,(H,20,21). The van der Waals surface area contributed by atoms with Crippen LogP contribution in [0.3, 0.4) is 0 Å². The van der Waals surface area contributed by atoms with E-state index < -0.39 is 0 Å². The van der Waals surface area contributed by atoms with Crippen LogP contribution in [-0.4, -0.2) is 19.1 Å². The van der Waals surface area contributed by atoms with Gasteiger partial charge in [0.15, 0.2) is 6.61 Å². The number of amides is 1. The molecule has 0 unspecified atom stereocenters. The van der Waals surface area contributed by atoms with E-state index in [9.17, 15) is 9.18 Å². The van der Waals surface area contributed by atoms with Gasteiger partial charge in [-0.25, -0.2) is 4.39 Å². The van der Waals surface area contributed by atoms with Gasteiger partial charge in [-0.15, -0.1) is 0 Å². The quantitative estimate of drug-likeness (QED) is 0.748. The summed E-state index contributed by atoms with van der Waals surface area (Å²) in [7, 11) is 0. The Bertz CT molecular complexity index is 628. The highest BCUT2D eigenvalue weighted by molar-refractivity contribution is 5.91. The van der Waals surface area contributed by atoms with Crippen molar-refractivity contribution in [2.24, 2.45) is 0 Å². The number of carbonyl (C=O) groups is 1. The minimum Gasteiger partial charge on any atom is -0.493 e. The van der Waals surface area contributed by atoms with Crippen LogP contribution in [0, 0.1) is 5.82 Å². The first-order valence-corrected chi connectivity index (χ1v) is 7.58. The molecule has 0 radical (unpaired) electrons. The molecule has 0 aliphatic heterocycles. The van der Waals surface area contributed by atoms with Crippen LogP contribution in [-0.2, 0) is 4.79 Å². The number of hydrogen-bond acceptors (Lipinski definition) is 3. The summed E-state index contributed by atoms with van der Waals surface area (Å²) < 4.78 is 23.8. The van der Waals surface area contributed by atoms with Gasteiger partial charge >= 0.3 is 0 Å². The van der Waals surface area contributed by atoms with Gasteiger partial charge in [0.1, 0.15) is 17.3 Å². The number of ether oxygens (including phenoxy) is 2. The topological polar surface area (TPSA) is 47.6 Å². The molecule has 0 aliphatic carbocycles. The van der Waals surface area contributed by atoms with E-state index in [-0.39, 0.29) is 18.3 Å². The van der Waals surface area contributed by atoms with Crippen LogP contribution in [0.25, 0.3) is 0 Å². The van der Waals surface area contributed by atoms with Gasteiger partial charge in [-0.1, -0.05) is 19.4 Å². The summed E-state index contributed by atoms with van der Waals surface area (Å²) in [6.45, 7) is 2.63. The van der Waals surface area contributed by atoms with E-state index in [1.54, 1.807) is 12.1 Å². The molecule has 0 spiro atoms. The van der Waals surface area contributed by atoms with Crippen LogP contribution in [0.2, 0.25) is 0 Å². The molecule has 23 heavy (non-hydrogen) atoms. The molecule has 2 aromatic rings. The first-order valence-electron chi connectivity index (χ1n) is 7.58. The van der Waals surface area contributed by atoms with Crippen LogP contribution < -0.4 is 14.8 Å². The number of unbranched alkanes of at least 4 members (excludes halogenated alkanes) is 1. The Kier molecular flexibility index (Phi) is 6.41. The monoisotopic (exact) mass is 317 g/mol. The minimum absolute atomic E-state index is 0.129. The Morgan fingerprint density at radius 2 is 1.78 bits per heavy atom. The lowest BCUT2D eigenvalue weighted by Crippen LogP contribution is -2.20. The summed E-state index contributed by atoms with van der Waals surface area (Å²) in [5, 5.41) is 2.63. The highest BCUT2D eigenvalue weighted by Gasteiger charge is 2.05. The van der Waals surface area contributed by atoms with Crippen molar-refractivity contribution in [2.45, 2.75) is 19.8 Å². The van der Waals surface area contributed by atoms with Gasteiger partial charge in [0, 0.05) is 11.8 Å². The predicted octanol–water partition coefficient (Wildman–Crippen LogP) is 4.02. The maximum absolute atomic E-state index is 12.8. The van der Waals surface area contributed by atoms with Crippen molar-refractivity contribution in [1.82, 2.24) is 0 Å². The molecule has 2 rings (SSSR count). The number of nitrogens with one attached hydrogen (secondary N) is 1. The Hall–Kier alpha value is -2.56. The molecule has 1 amide bonds. The van der Waals surface area contributed by atoms with Gasteiger partial charge in [0.05, 0.1) is 6.61 Å². The van der Waals surface area contributed by atoms with Crippen molar-refractivity contribution < 1.29 is 18.7 Å². The van der Waals surface area contributed by atoms with Crippen molar-refractivity contribution >= 4 is 11.6 Å². The Morgan fingerprint density at radius 1 is 1.09 bits per heavy atom. The molecule has 0 fully saturated rings. The number of rotatable bonds is 8. The van der Waals surface area contributed by atoms with Crippen LogP contribution >= 0.6 is 0 Å². The second kappa shape index (κ2) is 8.78. The zero-order chi connectivity index (χ0) is 16.5. The number of anilines is 1. The van der Waals surface area contributed by atoms with E-state index in [4.69, 9.17) is 9.47 Å². The minimum atomic E-state index is -0.348. The fourth-order valence-electron chi connectivity index (χ4n) is 1.87. The normalized spacial score (nSPS) is 10.2. The molecule has 0 saturated carbocycles. The van der Waals surface area contributed by atoms with E-state index in [0.717, 1.165) is 18.6 Å². The van der Waals surface area contributed by atoms with Gasteiger partial charge in [-0.2, -0.15) is 0 Å². The zero-order valence-electron chi connectivity index (χ0n) is 13.0. The van der Waals surface area contributed by atoms with Crippen molar-refractivity contribution in [3.63, 3.8) is 0 Å². The van der Waals surface area contributed by atoms with E-state index in [1.165, 1.54) is 24.3 Å². The lowest BCUT2D eigenvalue weighted by Gasteiger charge is -2.10. The number of carbonyl (C=O) groups excluding carboxylic acids is 1. The molecule has 0 aromatic heterocycles. The van der Waals surface area contributed by atoms with Crippen molar-refractivity contribution in [2.75, 3.05) is 18.5 Å². The summed E-state index contributed by atoms with van der Waals surface area (Å²) in [4.78, 5) is 11.8. The Morgan fingerprint density at radius 3 is 2.48 bits per heavy atom. The summed E-state index contributed by atoms with van der Waals surface area (Å²) in [6, 6.07) is 12.7. The van der Waals surface area contributed by atoms with E-state index >= 15 is 0 Å². The third-order valence-corrected chi connectivity index (χ3v) is 3.07. The Labute approximate surface area is 135 Å². The van der Waals surface area contributed by atoms with Gasteiger partial charge in [-0.3, -0.25) is 4.79 Å². The third-order valence-electron chi connectivity index (χ3n) is 3.07. The van der Waals surface area contributed by atoms with Crippen LogP contribution in [0.1, 0.15) is 19.8 Å². The highest BCUT2D eigenvalue weighted by atomic mass is 19.1. The molecule has 1 N–H and O–H groups in total. The van der Waals surface area contributed by atoms with Gasteiger partial charge in [-0.05, 0) is 42.8 Å². The third kappa shape index (κ3) is 5.98. The fourth-order valence-corrected chi connectivity index (χ4v) is 1.87. The summed E-state index contributed by atoms with van der Waals surface area (Å²) in [5.41, 5.74) is 0.525. The largest absolute Gasteiger partial charge is 0.493 e. The number of hydrogen-bond donors (Lipinski definition) is 1. The fraction of sp³-hybridized carbons (Fsp3) is 0.278. The maximum atomic E-state index is 12.8. The molecule has 0 saturated heterocycles. The molecule has 0 bridgehead atoms. The molecule has 0 aliphatic rings. The summed E-state index contributed by atoms with van der Waals surface area (Å²) >= 11 is 0. The number of benzene rings is 2. The predicted molar refractivity (Wildman–Crippen MR) is 87.4 cm³/mol. The van der Waals surface area contributed by atoms with E-state index in [0.29, 0.717) is 18.0 Å². The van der Waals surface area contributed by atoms with Gasteiger partial charge in [0.2, 0.25) is 0 Å². The number of halogens is 1. The summed E-state index contributed by atoms with van der Waals surface area (Å²) in [6.07, 6.45) is 2.06. The average Bonchev–Trinajstić information content (AvgIpc) is 2.56. The van der Waals surface area contributed by atoms with Crippen LogP contribution in [0.4, 0.5) is 10.1 Å². The molecule has 0 heterocycles. The molecular weight excluding hydrogens is 297 g/mol. The highest BCUT2D eigenvalue weighted by Crippen LogP contribution is 2.19. The second-order valence-electron chi connectivity index (χ2n) is 5.02. The van der Waals surface area contributed by atoms with Crippen LogP contribution in [0.15, 0.2) is 48.5 Å². The SMILES string of the molecule is CCCCOc1cccc(OCC(=O)Nc2ccc(F)cc2)c1. The first kappa shape index (κ1) is 16.8. The molecule has 122 valence electrons. The molecular formula is C18H20FNO3. The van der Waals surface area contributed by atoms with Gasteiger partial charge in [0.25, 0.3) is 5.91 Å². The lowest BCUT2D eigenvalue weighted by atomic mass is 10.3. The Balaban J connectivity index is 1.81. The molecule has 2 aromatic carbocycles. The maximum Gasteiger partial charge on any atom is 0.262 e. The van der Waals surface area contributed by atoms with Gasteiger partial charge < -0.3 is 14.8 Å². The second-order valence-corrected chi connectivity index (χ2v) is 5.02. The van der Waals surface area contributed by atoms with Crippen LogP contribution in [0.5, 0.6) is 11.5 Å². The van der Waals surface area contributed by atoms with E-state index in [1.807, 2.05) is 12.1 Å². The van der Waals surface area contributed by atoms with Crippen molar-refractivity contribution in [1.29, 1.82) is 0 Å².